The van der Waals surface area contributed by atoms with Crippen molar-refractivity contribution >= 4 is 5.91 Å². The normalized spacial score (nSPS) is 12.1. The van der Waals surface area contributed by atoms with Crippen LogP contribution in [0.1, 0.15) is 35.0 Å². The Morgan fingerprint density at radius 3 is 2.58 bits per heavy atom. The van der Waals surface area contributed by atoms with E-state index in [1.165, 1.54) is 0 Å². The first kappa shape index (κ1) is 17.9. The third kappa shape index (κ3) is 4.20. The molecule has 1 amide bonds. The summed E-state index contributed by atoms with van der Waals surface area (Å²) in [6.07, 6.45) is 4.79. The lowest BCUT2D eigenvalue weighted by molar-refractivity contribution is -0.121. The van der Waals surface area contributed by atoms with Gasteiger partial charge in [0, 0.05) is 31.6 Å². The summed E-state index contributed by atoms with van der Waals surface area (Å²) in [5, 5.41) is 11.8. The molecule has 2 heterocycles. The van der Waals surface area contributed by atoms with Gasteiger partial charge in [0.15, 0.2) is 0 Å². The van der Waals surface area contributed by atoms with Crippen LogP contribution in [0.15, 0.2) is 48.8 Å². The quantitative estimate of drug-likeness (QED) is 0.712. The van der Waals surface area contributed by atoms with E-state index in [0.29, 0.717) is 19.4 Å². The van der Waals surface area contributed by atoms with Crippen molar-refractivity contribution in [1.82, 2.24) is 24.9 Å². The summed E-state index contributed by atoms with van der Waals surface area (Å²) in [5.41, 5.74) is 4.34. The minimum absolute atomic E-state index is 0.0358. The number of hydrogen-bond acceptors (Lipinski definition) is 3. The number of aryl methyl sites for hydroxylation is 2. The van der Waals surface area contributed by atoms with Gasteiger partial charge in [-0.15, -0.1) is 0 Å². The van der Waals surface area contributed by atoms with Gasteiger partial charge < -0.3 is 5.32 Å². The minimum Gasteiger partial charge on any atom is -0.347 e. The lowest BCUT2D eigenvalue weighted by atomic mass is 10.1. The highest BCUT2D eigenvalue weighted by Crippen LogP contribution is 2.17. The monoisotopic (exact) mass is 351 g/mol. The molecule has 6 heteroatoms. The van der Waals surface area contributed by atoms with E-state index in [1.807, 2.05) is 72.9 Å². The maximum atomic E-state index is 12.6. The van der Waals surface area contributed by atoms with Crippen molar-refractivity contribution in [2.45, 2.75) is 39.3 Å². The number of nitrogens with zero attached hydrogens (tertiary/aromatic N) is 4. The van der Waals surface area contributed by atoms with Gasteiger partial charge in [0.1, 0.15) is 0 Å². The molecule has 0 saturated heterocycles. The fourth-order valence-electron chi connectivity index (χ4n) is 3.20. The van der Waals surface area contributed by atoms with Crippen molar-refractivity contribution in [3.05, 3.63) is 71.3 Å². The van der Waals surface area contributed by atoms with Gasteiger partial charge in [-0.2, -0.15) is 10.2 Å². The van der Waals surface area contributed by atoms with E-state index in [1.54, 1.807) is 6.20 Å². The van der Waals surface area contributed by atoms with Crippen LogP contribution in [0.2, 0.25) is 0 Å². The standard InChI is InChI=1S/C20H25N5O/c1-15-18(16(2)24(3)23-15)10-11-20(26)22-19(14-25-13-7-12-21-25)17-8-5-4-6-9-17/h4-9,12-13,19H,10-11,14H2,1-3H3,(H,22,26). The molecule has 0 bridgehead atoms. The molecule has 1 aromatic carbocycles. The second kappa shape index (κ2) is 7.99. The second-order valence-electron chi connectivity index (χ2n) is 6.53. The molecule has 26 heavy (non-hydrogen) atoms. The molecule has 0 aliphatic heterocycles. The van der Waals surface area contributed by atoms with Crippen molar-refractivity contribution in [2.24, 2.45) is 7.05 Å². The summed E-state index contributed by atoms with van der Waals surface area (Å²) in [4.78, 5) is 12.6. The van der Waals surface area contributed by atoms with E-state index in [9.17, 15) is 4.79 Å². The molecule has 0 fully saturated rings. The molecule has 136 valence electrons. The van der Waals surface area contributed by atoms with Gasteiger partial charge in [-0.05, 0) is 37.5 Å². The number of hydrogen-bond donors (Lipinski definition) is 1. The lowest BCUT2D eigenvalue weighted by Gasteiger charge is -2.19. The summed E-state index contributed by atoms with van der Waals surface area (Å²) < 4.78 is 3.71. The van der Waals surface area contributed by atoms with Crippen molar-refractivity contribution in [3.63, 3.8) is 0 Å². The molecule has 1 N–H and O–H groups in total. The van der Waals surface area contributed by atoms with E-state index in [4.69, 9.17) is 0 Å². The zero-order chi connectivity index (χ0) is 18.5. The van der Waals surface area contributed by atoms with Gasteiger partial charge in [0.25, 0.3) is 0 Å². The van der Waals surface area contributed by atoms with Gasteiger partial charge in [-0.1, -0.05) is 30.3 Å². The molecular weight excluding hydrogens is 326 g/mol. The molecule has 6 nitrogen and oxygen atoms in total. The van der Waals surface area contributed by atoms with Crippen LogP contribution in [-0.4, -0.2) is 25.5 Å². The van der Waals surface area contributed by atoms with Gasteiger partial charge in [0.05, 0.1) is 18.3 Å². The number of benzene rings is 1. The number of nitrogens with one attached hydrogen (secondary N) is 1. The predicted octanol–water partition coefficient (Wildman–Crippen LogP) is 2.72. The van der Waals surface area contributed by atoms with Crippen molar-refractivity contribution in [1.29, 1.82) is 0 Å². The molecule has 3 rings (SSSR count). The number of aromatic nitrogens is 4. The van der Waals surface area contributed by atoms with Gasteiger partial charge in [0.2, 0.25) is 5.91 Å². The van der Waals surface area contributed by atoms with Gasteiger partial charge >= 0.3 is 0 Å². The lowest BCUT2D eigenvalue weighted by Crippen LogP contribution is -2.31. The first-order chi connectivity index (χ1) is 12.5. The van der Waals surface area contributed by atoms with Crippen LogP contribution in [0, 0.1) is 13.8 Å². The summed E-state index contributed by atoms with van der Waals surface area (Å²) >= 11 is 0. The third-order valence-electron chi connectivity index (χ3n) is 4.73. The van der Waals surface area contributed by atoms with E-state index in [2.05, 4.69) is 15.5 Å². The van der Waals surface area contributed by atoms with Crippen LogP contribution in [0.3, 0.4) is 0 Å². The molecule has 0 aliphatic rings. The van der Waals surface area contributed by atoms with Crippen molar-refractivity contribution in [2.75, 3.05) is 0 Å². The topological polar surface area (TPSA) is 64.7 Å². The average molecular weight is 351 g/mol. The molecule has 0 radical (unpaired) electrons. The predicted molar refractivity (Wildman–Crippen MR) is 101 cm³/mol. The van der Waals surface area contributed by atoms with Crippen LogP contribution in [0.5, 0.6) is 0 Å². The zero-order valence-electron chi connectivity index (χ0n) is 15.5. The van der Waals surface area contributed by atoms with E-state index in [-0.39, 0.29) is 11.9 Å². The summed E-state index contributed by atoms with van der Waals surface area (Å²) in [7, 11) is 1.93. The minimum atomic E-state index is -0.111. The SMILES string of the molecule is Cc1nn(C)c(C)c1CCC(=O)NC(Cn1cccn1)c1ccccc1. The van der Waals surface area contributed by atoms with Crippen LogP contribution < -0.4 is 5.32 Å². The fraction of sp³-hybridized carbons (Fsp3) is 0.350. The molecule has 2 aromatic heterocycles. The number of amides is 1. The van der Waals surface area contributed by atoms with E-state index in [0.717, 1.165) is 22.5 Å². The van der Waals surface area contributed by atoms with Crippen molar-refractivity contribution < 1.29 is 4.79 Å². The maximum absolute atomic E-state index is 12.6. The number of carbonyl (C=O) groups excluding carboxylic acids is 1. The Hall–Kier alpha value is -2.89. The molecule has 3 aromatic rings. The maximum Gasteiger partial charge on any atom is 0.220 e. The summed E-state index contributed by atoms with van der Waals surface area (Å²) in [6, 6.07) is 11.8. The van der Waals surface area contributed by atoms with Crippen LogP contribution in [-0.2, 0) is 24.8 Å². The Labute approximate surface area is 153 Å². The molecule has 1 unspecified atom stereocenters. The fourth-order valence-corrected chi connectivity index (χ4v) is 3.20. The summed E-state index contributed by atoms with van der Waals surface area (Å²) in [5.74, 6) is 0.0358. The highest BCUT2D eigenvalue weighted by molar-refractivity contribution is 5.76. The smallest absolute Gasteiger partial charge is 0.220 e. The average Bonchev–Trinajstić information content (AvgIpc) is 3.22. The molecular formula is C20H25N5O. The Morgan fingerprint density at radius 2 is 1.96 bits per heavy atom. The highest BCUT2D eigenvalue weighted by Gasteiger charge is 2.17. The molecule has 0 aliphatic carbocycles. The third-order valence-corrected chi connectivity index (χ3v) is 4.73. The molecule has 0 spiro atoms. The van der Waals surface area contributed by atoms with Crippen LogP contribution in [0.4, 0.5) is 0 Å². The second-order valence-corrected chi connectivity index (χ2v) is 6.53. The van der Waals surface area contributed by atoms with Gasteiger partial charge in [-0.25, -0.2) is 0 Å². The van der Waals surface area contributed by atoms with Gasteiger partial charge in [-0.3, -0.25) is 14.2 Å². The van der Waals surface area contributed by atoms with Crippen LogP contribution in [0.25, 0.3) is 0 Å². The molecule has 1 atom stereocenters. The first-order valence-electron chi connectivity index (χ1n) is 8.85. The first-order valence-corrected chi connectivity index (χ1v) is 8.85. The largest absolute Gasteiger partial charge is 0.347 e. The van der Waals surface area contributed by atoms with E-state index >= 15 is 0 Å². The molecule has 0 saturated carbocycles. The highest BCUT2D eigenvalue weighted by atomic mass is 16.1. The summed E-state index contributed by atoms with van der Waals surface area (Å²) in [6.45, 7) is 4.64. The Kier molecular flexibility index (Phi) is 5.51. The van der Waals surface area contributed by atoms with Crippen molar-refractivity contribution in [3.8, 4) is 0 Å². The Bertz CT molecular complexity index is 852. The zero-order valence-corrected chi connectivity index (χ0v) is 15.5. The van der Waals surface area contributed by atoms with E-state index < -0.39 is 0 Å². The number of rotatable bonds is 7. The van der Waals surface area contributed by atoms with Crippen LogP contribution >= 0.6 is 0 Å². The Morgan fingerprint density at radius 1 is 1.19 bits per heavy atom. The Balaban J connectivity index is 1.67. The number of carbonyl (C=O) groups is 1.